The molecule has 0 aliphatic carbocycles. The largest absolute Gasteiger partial charge is 0.337 e. The summed E-state index contributed by atoms with van der Waals surface area (Å²) in [5.74, 6) is 1.04. The van der Waals surface area contributed by atoms with Crippen LogP contribution in [-0.2, 0) is 10.0 Å². The van der Waals surface area contributed by atoms with Crippen LogP contribution < -0.4 is 0 Å². The van der Waals surface area contributed by atoms with Crippen LogP contribution in [0.15, 0.2) is 51.9 Å². The summed E-state index contributed by atoms with van der Waals surface area (Å²) in [6, 6.07) is 12.5. The molecule has 1 aliphatic rings. The van der Waals surface area contributed by atoms with Crippen molar-refractivity contribution in [2.45, 2.75) is 24.8 Å². The van der Waals surface area contributed by atoms with Crippen LogP contribution in [0.1, 0.15) is 24.4 Å². The van der Waals surface area contributed by atoms with Gasteiger partial charge in [-0.1, -0.05) is 64.3 Å². The van der Waals surface area contributed by atoms with Crippen molar-refractivity contribution >= 4 is 33.2 Å². The highest BCUT2D eigenvalue weighted by molar-refractivity contribution is 7.89. The standard InChI is InChI=1S/C21H22Cl2N4O3S/c1-14-6-8-16(9-7-14)20-24-21(30-25-20)15(2)26-10-12-27(13-11-26)31(28,29)19-17(22)4-3-5-18(19)23/h3-9,15H,10-13H2,1-2H3/t15-/m1/s1. The smallest absolute Gasteiger partial charge is 0.246 e. The second kappa shape index (κ2) is 8.88. The van der Waals surface area contributed by atoms with Crippen LogP contribution in [0.25, 0.3) is 11.4 Å². The number of hydrogen-bond acceptors (Lipinski definition) is 6. The third-order valence-electron chi connectivity index (χ3n) is 5.45. The topological polar surface area (TPSA) is 79.5 Å². The molecule has 1 aliphatic heterocycles. The Kier molecular flexibility index (Phi) is 6.37. The summed E-state index contributed by atoms with van der Waals surface area (Å²) in [5, 5.41) is 4.34. The lowest BCUT2D eigenvalue weighted by Crippen LogP contribution is -2.49. The van der Waals surface area contributed by atoms with Crippen LogP contribution in [-0.4, -0.2) is 53.9 Å². The molecule has 1 saturated heterocycles. The van der Waals surface area contributed by atoms with Crippen molar-refractivity contribution in [2.24, 2.45) is 0 Å². The average molecular weight is 481 g/mol. The van der Waals surface area contributed by atoms with Crippen LogP contribution in [0.4, 0.5) is 0 Å². The molecule has 0 spiro atoms. The zero-order valence-electron chi connectivity index (χ0n) is 17.1. The molecule has 1 atom stereocenters. The Bertz CT molecular complexity index is 1150. The van der Waals surface area contributed by atoms with Crippen LogP contribution in [0.3, 0.4) is 0 Å². The molecule has 2 heterocycles. The highest BCUT2D eigenvalue weighted by Gasteiger charge is 2.34. The van der Waals surface area contributed by atoms with Gasteiger partial charge in [0.2, 0.25) is 21.7 Å². The van der Waals surface area contributed by atoms with Crippen molar-refractivity contribution in [1.29, 1.82) is 0 Å². The van der Waals surface area contributed by atoms with Gasteiger partial charge in [0.15, 0.2) is 0 Å². The molecule has 10 heteroatoms. The number of nitrogens with zero attached hydrogens (tertiary/aromatic N) is 4. The summed E-state index contributed by atoms with van der Waals surface area (Å²) in [5.41, 5.74) is 2.05. The third-order valence-corrected chi connectivity index (χ3v) is 8.30. The van der Waals surface area contributed by atoms with E-state index in [0.717, 1.165) is 11.1 Å². The minimum Gasteiger partial charge on any atom is -0.337 e. The molecule has 1 fully saturated rings. The van der Waals surface area contributed by atoms with Crippen molar-refractivity contribution < 1.29 is 12.9 Å². The number of aromatic nitrogens is 2. The summed E-state index contributed by atoms with van der Waals surface area (Å²) >= 11 is 12.3. The van der Waals surface area contributed by atoms with Crippen molar-refractivity contribution in [3.8, 4) is 11.4 Å². The van der Waals surface area contributed by atoms with Crippen molar-refractivity contribution in [2.75, 3.05) is 26.2 Å². The molecule has 0 radical (unpaired) electrons. The van der Waals surface area contributed by atoms with E-state index in [9.17, 15) is 8.42 Å². The van der Waals surface area contributed by atoms with E-state index >= 15 is 0 Å². The van der Waals surface area contributed by atoms with Gasteiger partial charge in [-0.05, 0) is 26.0 Å². The van der Waals surface area contributed by atoms with E-state index < -0.39 is 10.0 Å². The molecule has 0 bridgehead atoms. The first-order chi connectivity index (χ1) is 14.8. The maximum Gasteiger partial charge on any atom is 0.246 e. The quantitative estimate of drug-likeness (QED) is 0.537. The number of aryl methyl sites for hydroxylation is 1. The Morgan fingerprint density at radius 1 is 1.00 bits per heavy atom. The van der Waals surface area contributed by atoms with Gasteiger partial charge < -0.3 is 4.52 Å². The fourth-order valence-corrected chi connectivity index (χ4v) is 6.08. The predicted octanol–water partition coefficient (Wildman–Crippen LogP) is 4.42. The summed E-state index contributed by atoms with van der Waals surface area (Å²) in [6.07, 6.45) is 0. The Labute approximate surface area is 191 Å². The molecule has 2 aromatic carbocycles. The fourth-order valence-electron chi connectivity index (χ4n) is 3.57. The third kappa shape index (κ3) is 4.49. The summed E-state index contributed by atoms with van der Waals surface area (Å²) in [7, 11) is -3.78. The summed E-state index contributed by atoms with van der Waals surface area (Å²) in [4.78, 5) is 6.61. The lowest BCUT2D eigenvalue weighted by Gasteiger charge is -2.36. The molecule has 7 nitrogen and oxygen atoms in total. The van der Waals surface area contributed by atoms with Gasteiger partial charge in [0.1, 0.15) is 4.90 Å². The van der Waals surface area contributed by atoms with Crippen LogP contribution in [0.2, 0.25) is 10.0 Å². The molecule has 1 aromatic heterocycles. The predicted molar refractivity (Wildman–Crippen MR) is 120 cm³/mol. The first-order valence-electron chi connectivity index (χ1n) is 9.86. The molecule has 4 rings (SSSR count). The van der Waals surface area contributed by atoms with Gasteiger partial charge >= 0.3 is 0 Å². The van der Waals surface area contributed by atoms with Crippen LogP contribution in [0, 0.1) is 6.92 Å². The van der Waals surface area contributed by atoms with Gasteiger partial charge in [-0.15, -0.1) is 0 Å². The Morgan fingerprint density at radius 2 is 1.61 bits per heavy atom. The number of hydrogen-bond donors (Lipinski definition) is 0. The normalized spacial score (nSPS) is 17.0. The molecular weight excluding hydrogens is 459 g/mol. The minimum absolute atomic E-state index is 0.0422. The van der Waals surface area contributed by atoms with E-state index in [4.69, 9.17) is 27.7 Å². The highest BCUT2D eigenvalue weighted by atomic mass is 35.5. The summed E-state index contributed by atoms with van der Waals surface area (Å²) < 4.78 is 33.0. The number of sulfonamides is 1. The molecule has 0 N–H and O–H groups in total. The van der Waals surface area contributed by atoms with Crippen molar-refractivity contribution in [3.05, 3.63) is 64.0 Å². The van der Waals surface area contributed by atoms with E-state index in [1.807, 2.05) is 38.1 Å². The SMILES string of the molecule is Cc1ccc(-c2noc([C@@H](C)N3CCN(S(=O)(=O)c4c(Cl)cccc4Cl)CC3)n2)cc1. The first-order valence-corrected chi connectivity index (χ1v) is 12.1. The van der Waals surface area contributed by atoms with E-state index in [0.29, 0.717) is 37.9 Å². The lowest BCUT2D eigenvalue weighted by atomic mass is 10.1. The van der Waals surface area contributed by atoms with E-state index in [1.54, 1.807) is 6.07 Å². The Morgan fingerprint density at radius 3 is 2.23 bits per heavy atom. The molecule has 164 valence electrons. The maximum absolute atomic E-state index is 13.1. The molecular formula is C21H22Cl2N4O3S. The molecule has 0 saturated carbocycles. The molecule has 0 unspecified atom stereocenters. The maximum atomic E-state index is 13.1. The first kappa shape index (κ1) is 22.2. The second-order valence-electron chi connectivity index (χ2n) is 7.49. The Hall–Kier alpha value is -1.97. The zero-order chi connectivity index (χ0) is 22.2. The van der Waals surface area contributed by atoms with Gasteiger partial charge in [0, 0.05) is 31.7 Å². The number of rotatable bonds is 5. The second-order valence-corrected chi connectivity index (χ2v) is 10.2. The van der Waals surface area contributed by atoms with Gasteiger partial charge in [-0.2, -0.15) is 9.29 Å². The van der Waals surface area contributed by atoms with E-state index in [1.165, 1.54) is 16.4 Å². The van der Waals surface area contributed by atoms with Crippen LogP contribution in [0.5, 0.6) is 0 Å². The number of halogens is 2. The van der Waals surface area contributed by atoms with Crippen molar-refractivity contribution in [3.63, 3.8) is 0 Å². The number of piperazine rings is 1. The Balaban J connectivity index is 1.45. The minimum atomic E-state index is -3.78. The monoisotopic (exact) mass is 480 g/mol. The number of benzene rings is 2. The highest BCUT2D eigenvalue weighted by Crippen LogP contribution is 2.32. The van der Waals surface area contributed by atoms with Gasteiger partial charge in [0.25, 0.3) is 0 Å². The van der Waals surface area contributed by atoms with Gasteiger partial charge in [-0.3, -0.25) is 4.90 Å². The average Bonchev–Trinajstić information content (AvgIpc) is 3.24. The zero-order valence-corrected chi connectivity index (χ0v) is 19.5. The van der Waals surface area contributed by atoms with Gasteiger partial charge in [-0.25, -0.2) is 8.42 Å². The van der Waals surface area contributed by atoms with Crippen molar-refractivity contribution in [1.82, 2.24) is 19.3 Å². The van der Waals surface area contributed by atoms with E-state index in [-0.39, 0.29) is 21.0 Å². The fraction of sp³-hybridized carbons (Fsp3) is 0.333. The molecule has 0 amide bonds. The molecule has 3 aromatic rings. The van der Waals surface area contributed by atoms with Gasteiger partial charge in [0.05, 0.1) is 16.1 Å². The molecule has 31 heavy (non-hydrogen) atoms. The summed E-state index contributed by atoms with van der Waals surface area (Å²) in [6.45, 7) is 5.66. The van der Waals surface area contributed by atoms with Crippen LogP contribution >= 0.6 is 23.2 Å². The van der Waals surface area contributed by atoms with E-state index in [2.05, 4.69) is 15.0 Å². The lowest BCUT2D eigenvalue weighted by molar-refractivity contribution is 0.124.